The van der Waals surface area contributed by atoms with Gasteiger partial charge in [-0.15, -0.1) is 22.7 Å². The lowest BCUT2D eigenvalue weighted by atomic mass is 10.00. The normalized spacial score (nSPS) is 12.8. The minimum absolute atomic E-state index is 0.724. The van der Waals surface area contributed by atoms with Crippen molar-refractivity contribution in [1.82, 2.24) is 9.13 Å². The summed E-state index contributed by atoms with van der Waals surface area (Å²) in [6.07, 6.45) is 0. The molecule has 4 nitrogen and oxygen atoms in total. The van der Waals surface area contributed by atoms with Gasteiger partial charge in [0.2, 0.25) is 0 Å². The number of hydrogen-bond donors (Lipinski definition) is 0. The molecule has 0 aliphatic carbocycles. The maximum atomic E-state index is 6.78. The van der Waals surface area contributed by atoms with Gasteiger partial charge in [-0.2, -0.15) is 0 Å². The van der Waals surface area contributed by atoms with Gasteiger partial charge in [0, 0.05) is 84.0 Å². The van der Waals surface area contributed by atoms with E-state index in [4.69, 9.17) is 9.47 Å². The Morgan fingerprint density at radius 1 is 0.323 bits per heavy atom. The lowest BCUT2D eigenvalue weighted by Gasteiger charge is -2.23. The fourth-order valence-electron chi connectivity index (χ4n) is 10.6. The SMILES string of the molecule is c1ccc2c(c1)Oc1c(c3c4ccccc4n(-c4ccc5c(c4)sc4cc(-n6c7ccccc7c7c8sc9ccccc9c8c8ccccc8c76)ccc45)c3c3ccccc13)O2. The molecule has 0 amide bonds. The summed E-state index contributed by atoms with van der Waals surface area (Å²) in [5.41, 5.74) is 7.00. The molecule has 15 rings (SSSR count). The van der Waals surface area contributed by atoms with Crippen LogP contribution in [0.25, 0.3) is 117 Å². The number of rotatable bonds is 2. The highest BCUT2D eigenvalue weighted by Crippen LogP contribution is 2.55. The van der Waals surface area contributed by atoms with E-state index in [-0.39, 0.29) is 0 Å². The number of fused-ring (bicyclic) bond motifs is 22. The molecule has 62 heavy (non-hydrogen) atoms. The molecule has 0 saturated heterocycles. The van der Waals surface area contributed by atoms with E-state index >= 15 is 0 Å². The third kappa shape index (κ3) is 4.25. The molecule has 1 aliphatic rings. The molecule has 0 N–H and O–H groups in total. The first kappa shape index (κ1) is 33.1. The van der Waals surface area contributed by atoms with E-state index in [2.05, 4.69) is 167 Å². The highest BCUT2D eigenvalue weighted by atomic mass is 32.1. The van der Waals surface area contributed by atoms with Gasteiger partial charge in [0.05, 0.1) is 27.5 Å². The van der Waals surface area contributed by atoms with E-state index in [1.807, 2.05) is 46.9 Å². The molecule has 0 atom stereocenters. The van der Waals surface area contributed by atoms with Crippen LogP contribution in [0.5, 0.6) is 23.0 Å². The highest BCUT2D eigenvalue weighted by Gasteiger charge is 2.29. The van der Waals surface area contributed by atoms with Crippen molar-refractivity contribution in [2.75, 3.05) is 0 Å². The largest absolute Gasteiger partial charge is 0.449 e. The Hall–Kier alpha value is -7.64. The molecule has 0 radical (unpaired) electrons. The molecule has 0 spiro atoms. The Bertz CT molecular complexity index is 4300. The van der Waals surface area contributed by atoms with Crippen molar-refractivity contribution in [2.45, 2.75) is 0 Å². The number of hydrogen-bond acceptors (Lipinski definition) is 4. The molecule has 5 heterocycles. The monoisotopic (exact) mass is 826 g/mol. The summed E-state index contributed by atoms with van der Waals surface area (Å²) < 4.78 is 23.6. The molecule has 4 aromatic heterocycles. The molecule has 0 saturated carbocycles. The maximum Gasteiger partial charge on any atom is 0.180 e. The maximum absolute atomic E-state index is 6.78. The Morgan fingerprint density at radius 2 is 0.806 bits per heavy atom. The molecule has 288 valence electrons. The van der Waals surface area contributed by atoms with Crippen molar-refractivity contribution in [1.29, 1.82) is 0 Å². The van der Waals surface area contributed by atoms with Gasteiger partial charge in [0.15, 0.2) is 23.0 Å². The second-order valence-electron chi connectivity index (χ2n) is 16.3. The van der Waals surface area contributed by atoms with Gasteiger partial charge in [-0.25, -0.2) is 0 Å². The van der Waals surface area contributed by atoms with Crippen LogP contribution in [0.2, 0.25) is 0 Å². The van der Waals surface area contributed by atoms with E-state index in [0.29, 0.717) is 0 Å². The standard InChI is InChI=1S/C56H30N2O2S2/c1-2-14-36-35(13-1)49-41-19-7-12-24-46(41)62-56(49)51-40-18-6-9-21-43(40)58(53(36)51)32-26-28-34-33-27-25-31(29-47(33)61-48(34)30-32)57-42-20-8-5-17-39(42)50-52(57)37-15-3-4-16-38(37)54-55(50)60-45-23-11-10-22-44(45)59-54/h1-30H. The Kier molecular flexibility index (Phi) is 6.42. The van der Waals surface area contributed by atoms with Crippen LogP contribution >= 0.6 is 22.7 Å². The minimum Gasteiger partial charge on any atom is -0.449 e. The van der Waals surface area contributed by atoms with E-state index in [1.165, 1.54) is 78.6 Å². The summed E-state index contributed by atoms with van der Waals surface area (Å²) in [6, 6.07) is 66.0. The van der Waals surface area contributed by atoms with Crippen LogP contribution in [-0.4, -0.2) is 9.13 Å². The first-order valence-corrected chi connectivity index (χ1v) is 22.5. The summed E-state index contributed by atoms with van der Waals surface area (Å²) in [6.45, 7) is 0. The topological polar surface area (TPSA) is 28.3 Å². The van der Waals surface area contributed by atoms with Crippen LogP contribution in [0.1, 0.15) is 0 Å². The van der Waals surface area contributed by atoms with Gasteiger partial charge in [-0.1, -0.05) is 127 Å². The predicted octanol–water partition coefficient (Wildman–Crippen LogP) is 16.8. The van der Waals surface area contributed by atoms with Gasteiger partial charge in [-0.3, -0.25) is 0 Å². The lowest BCUT2D eigenvalue weighted by Crippen LogP contribution is -2.01. The summed E-state index contributed by atoms with van der Waals surface area (Å²) in [7, 11) is 0. The number of thiophene rings is 2. The van der Waals surface area contributed by atoms with Crippen LogP contribution in [0.4, 0.5) is 0 Å². The van der Waals surface area contributed by atoms with Crippen molar-refractivity contribution < 1.29 is 9.47 Å². The summed E-state index contributed by atoms with van der Waals surface area (Å²) in [4.78, 5) is 0. The molecule has 1 aliphatic heterocycles. The van der Waals surface area contributed by atoms with E-state index in [9.17, 15) is 0 Å². The molecule has 10 aromatic carbocycles. The quantitative estimate of drug-likeness (QED) is 0.174. The van der Waals surface area contributed by atoms with Gasteiger partial charge in [-0.05, 0) is 60.0 Å². The number of ether oxygens (including phenoxy) is 2. The zero-order valence-electron chi connectivity index (χ0n) is 32.8. The third-order valence-corrected chi connectivity index (χ3v) is 15.4. The zero-order valence-corrected chi connectivity index (χ0v) is 34.5. The summed E-state index contributed by atoms with van der Waals surface area (Å²) in [5.74, 6) is 2.97. The second kappa shape index (κ2) is 12.0. The Labute approximate surface area is 361 Å². The van der Waals surface area contributed by atoms with Gasteiger partial charge < -0.3 is 18.6 Å². The average molecular weight is 827 g/mol. The fourth-order valence-corrected chi connectivity index (χ4v) is 13.0. The van der Waals surface area contributed by atoms with E-state index in [0.717, 1.165) is 61.3 Å². The van der Waals surface area contributed by atoms with Gasteiger partial charge >= 0.3 is 0 Å². The van der Waals surface area contributed by atoms with Crippen molar-refractivity contribution in [2.24, 2.45) is 0 Å². The van der Waals surface area contributed by atoms with Crippen LogP contribution in [-0.2, 0) is 0 Å². The van der Waals surface area contributed by atoms with Crippen LogP contribution in [0.3, 0.4) is 0 Å². The van der Waals surface area contributed by atoms with Crippen molar-refractivity contribution in [3.8, 4) is 34.4 Å². The molecule has 14 aromatic rings. The van der Waals surface area contributed by atoms with Crippen molar-refractivity contribution in [3.63, 3.8) is 0 Å². The number of nitrogens with zero attached hydrogens (tertiary/aromatic N) is 2. The molecule has 0 fully saturated rings. The molecule has 6 heteroatoms. The third-order valence-electron chi connectivity index (χ3n) is 13.1. The zero-order chi connectivity index (χ0) is 40.2. The fraction of sp³-hybridized carbons (Fsp3) is 0. The van der Waals surface area contributed by atoms with Crippen molar-refractivity contribution in [3.05, 3.63) is 182 Å². The van der Waals surface area contributed by atoms with Crippen LogP contribution < -0.4 is 9.47 Å². The lowest BCUT2D eigenvalue weighted by molar-refractivity contribution is 0.367. The molecular weight excluding hydrogens is 797 g/mol. The van der Waals surface area contributed by atoms with Crippen LogP contribution in [0.15, 0.2) is 182 Å². The first-order valence-electron chi connectivity index (χ1n) is 20.9. The molecule has 0 bridgehead atoms. The molecular formula is C56H30N2O2S2. The van der Waals surface area contributed by atoms with Crippen molar-refractivity contribution >= 4 is 128 Å². The van der Waals surface area contributed by atoms with Gasteiger partial charge in [0.1, 0.15) is 0 Å². The van der Waals surface area contributed by atoms with E-state index < -0.39 is 0 Å². The van der Waals surface area contributed by atoms with Crippen LogP contribution in [0, 0.1) is 0 Å². The Balaban J connectivity index is 0.969. The van der Waals surface area contributed by atoms with E-state index in [1.54, 1.807) is 0 Å². The average Bonchev–Trinajstić information content (AvgIpc) is 4.09. The number of para-hydroxylation sites is 4. The summed E-state index contributed by atoms with van der Waals surface area (Å²) in [5, 5.41) is 14.7. The predicted molar refractivity (Wildman–Crippen MR) is 262 cm³/mol. The smallest absolute Gasteiger partial charge is 0.180 e. The molecule has 0 unspecified atom stereocenters. The number of aromatic nitrogens is 2. The highest BCUT2D eigenvalue weighted by molar-refractivity contribution is 7.27. The minimum atomic E-state index is 0.724. The second-order valence-corrected chi connectivity index (χ2v) is 18.5. The first-order chi connectivity index (χ1) is 30.8. The summed E-state index contributed by atoms with van der Waals surface area (Å²) >= 11 is 3.78. The number of benzene rings is 10. The Morgan fingerprint density at radius 3 is 1.47 bits per heavy atom. The van der Waals surface area contributed by atoms with Gasteiger partial charge in [0.25, 0.3) is 0 Å².